The van der Waals surface area contributed by atoms with Crippen LogP contribution in [0.5, 0.6) is 5.75 Å². The fourth-order valence-corrected chi connectivity index (χ4v) is 2.37. The van der Waals surface area contributed by atoms with E-state index in [0.29, 0.717) is 6.61 Å². The van der Waals surface area contributed by atoms with Crippen LogP contribution in [0.25, 0.3) is 11.0 Å². The molecule has 0 fully saturated rings. The van der Waals surface area contributed by atoms with Gasteiger partial charge in [0.15, 0.2) is 0 Å². The van der Waals surface area contributed by atoms with E-state index in [0.717, 1.165) is 22.6 Å². The highest BCUT2D eigenvalue weighted by molar-refractivity contribution is 5.75. The van der Waals surface area contributed by atoms with Gasteiger partial charge < -0.3 is 19.5 Å². The van der Waals surface area contributed by atoms with Gasteiger partial charge in [-0.25, -0.2) is 4.98 Å². The summed E-state index contributed by atoms with van der Waals surface area (Å²) in [6, 6.07) is 17.2. The molecule has 5 nitrogen and oxygen atoms in total. The molecule has 0 aliphatic heterocycles. The van der Waals surface area contributed by atoms with Crippen LogP contribution in [0.4, 0.5) is 0 Å². The first-order valence-electron chi connectivity index (χ1n) is 7.19. The summed E-state index contributed by atoms with van der Waals surface area (Å²) in [6.45, 7) is 0.298. The molecule has 22 heavy (non-hydrogen) atoms. The molecular formula is C17H18N2O3. The largest absolute Gasteiger partial charge is 0.486 e. The number of ether oxygens (including phenoxy) is 1. The van der Waals surface area contributed by atoms with Gasteiger partial charge in [0.05, 0.1) is 30.3 Å². The Kier molecular flexibility index (Phi) is 4.37. The van der Waals surface area contributed by atoms with Crippen molar-refractivity contribution >= 4 is 11.0 Å². The maximum atomic E-state index is 9.76. The molecule has 114 valence electrons. The van der Waals surface area contributed by atoms with Crippen molar-refractivity contribution in [3.8, 4) is 5.75 Å². The third-order valence-electron chi connectivity index (χ3n) is 3.45. The average Bonchev–Trinajstić information content (AvgIpc) is 2.91. The van der Waals surface area contributed by atoms with E-state index < -0.39 is 6.10 Å². The van der Waals surface area contributed by atoms with Gasteiger partial charge in [-0.15, -0.1) is 0 Å². The first-order valence-corrected chi connectivity index (χ1v) is 7.19. The van der Waals surface area contributed by atoms with Crippen molar-refractivity contribution < 1.29 is 14.9 Å². The lowest BCUT2D eigenvalue weighted by Gasteiger charge is -2.13. The summed E-state index contributed by atoms with van der Waals surface area (Å²) in [5.41, 5.74) is 1.76. The molecule has 0 aliphatic carbocycles. The van der Waals surface area contributed by atoms with Gasteiger partial charge in [-0.05, 0) is 24.3 Å². The van der Waals surface area contributed by atoms with Crippen LogP contribution in [0.1, 0.15) is 5.82 Å². The average molecular weight is 298 g/mol. The zero-order valence-electron chi connectivity index (χ0n) is 12.1. The molecule has 1 atom stereocenters. The molecule has 1 aromatic heterocycles. The number of fused-ring (bicyclic) bond motifs is 1. The molecule has 0 bridgehead atoms. The van der Waals surface area contributed by atoms with Gasteiger partial charge in [-0.3, -0.25) is 0 Å². The van der Waals surface area contributed by atoms with Crippen molar-refractivity contribution in [1.29, 1.82) is 0 Å². The maximum absolute atomic E-state index is 9.76. The summed E-state index contributed by atoms with van der Waals surface area (Å²) < 4.78 is 7.64. The van der Waals surface area contributed by atoms with Crippen molar-refractivity contribution in [2.75, 3.05) is 6.61 Å². The van der Waals surface area contributed by atoms with Crippen LogP contribution in [0, 0.1) is 0 Å². The molecule has 0 saturated heterocycles. The number of benzene rings is 2. The van der Waals surface area contributed by atoms with Crippen LogP contribution in [0.3, 0.4) is 0 Å². The summed E-state index contributed by atoms with van der Waals surface area (Å²) in [5, 5.41) is 18.8. The van der Waals surface area contributed by atoms with Crippen LogP contribution >= 0.6 is 0 Å². The lowest BCUT2D eigenvalue weighted by Crippen LogP contribution is -2.21. The minimum absolute atomic E-state index is 0.282. The van der Waals surface area contributed by atoms with Crippen molar-refractivity contribution in [2.45, 2.75) is 19.3 Å². The number of nitrogens with zero attached hydrogens (tertiary/aromatic N) is 2. The van der Waals surface area contributed by atoms with Crippen molar-refractivity contribution in [3.05, 3.63) is 60.4 Å². The van der Waals surface area contributed by atoms with Gasteiger partial charge in [0.25, 0.3) is 0 Å². The molecule has 2 N–H and O–H groups in total. The maximum Gasteiger partial charge on any atom is 0.148 e. The normalized spacial score (nSPS) is 12.5. The second-order valence-corrected chi connectivity index (χ2v) is 5.07. The Morgan fingerprint density at radius 3 is 2.55 bits per heavy atom. The van der Waals surface area contributed by atoms with Gasteiger partial charge in [-0.1, -0.05) is 30.3 Å². The number of aromatic nitrogens is 2. The van der Waals surface area contributed by atoms with Crippen molar-refractivity contribution in [2.24, 2.45) is 0 Å². The standard InChI is InChI=1S/C17H18N2O3/c20-11-13(21)10-19-16-9-5-4-8-15(16)18-17(19)12-22-14-6-2-1-3-7-14/h1-9,13,20-21H,10-12H2/t13-/m0/s1. The Balaban J connectivity index is 1.88. The van der Waals surface area contributed by atoms with Crippen LogP contribution < -0.4 is 4.74 Å². The third-order valence-corrected chi connectivity index (χ3v) is 3.45. The van der Waals surface area contributed by atoms with E-state index in [1.54, 1.807) is 0 Å². The van der Waals surface area contributed by atoms with Crippen LogP contribution in [-0.4, -0.2) is 32.5 Å². The van der Waals surface area contributed by atoms with E-state index in [-0.39, 0.29) is 13.2 Å². The number of hydrogen-bond acceptors (Lipinski definition) is 4. The Morgan fingerprint density at radius 1 is 1.05 bits per heavy atom. The topological polar surface area (TPSA) is 67.5 Å². The highest BCUT2D eigenvalue weighted by atomic mass is 16.5. The Labute approximate surface area is 128 Å². The Bertz CT molecular complexity index is 740. The molecule has 1 heterocycles. The Hall–Kier alpha value is -2.37. The zero-order valence-corrected chi connectivity index (χ0v) is 12.1. The summed E-state index contributed by atoms with van der Waals surface area (Å²) in [5.74, 6) is 1.49. The summed E-state index contributed by atoms with van der Waals surface area (Å²) in [7, 11) is 0. The lowest BCUT2D eigenvalue weighted by molar-refractivity contribution is 0.0806. The predicted octanol–water partition coefficient (Wildman–Crippen LogP) is 1.97. The molecule has 3 aromatic rings. The Morgan fingerprint density at radius 2 is 1.77 bits per heavy atom. The molecule has 0 amide bonds. The van der Waals surface area contributed by atoms with E-state index >= 15 is 0 Å². The molecule has 0 radical (unpaired) electrons. The summed E-state index contributed by atoms with van der Waals surface area (Å²) >= 11 is 0. The van der Waals surface area contributed by atoms with Gasteiger partial charge in [-0.2, -0.15) is 0 Å². The fraction of sp³-hybridized carbons (Fsp3) is 0.235. The molecule has 0 spiro atoms. The molecule has 3 rings (SSSR count). The molecular weight excluding hydrogens is 280 g/mol. The predicted molar refractivity (Wildman–Crippen MR) is 83.6 cm³/mol. The first-order chi connectivity index (χ1) is 10.8. The SMILES string of the molecule is OC[C@@H](O)Cn1c(COc2ccccc2)nc2ccccc21. The van der Waals surface area contributed by atoms with E-state index in [1.165, 1.54) is 0 Å². The summed E-state index contributed by atoms with van der Waals surface area (Å²) in [6.07, 6.45) is -0.826. The minimum Gasteiger partial charge on any atom is -0.486 e. The van der Waals surface area contributed by atoms with Gasteiger partial charge in [0.2, 0.25) is 0 Å². The number of aliphatic hydroxyl groups excluding tert-OH is 2. The van der Waals surface area contributed by atoms with E-state index in [1.807, 2.05) is 59.2 Å². The number of aliphatic hydroxyl groups is 2. The molecule has 0 saturated carbocycles. The van der Waals surface area contributed by atoms with Crippen LogP contribution in [0.2, 0.25) is 0 Å². The number of rotatable bonds is 6. The molecule has 5 heteroatoms. The third kappa shape index (κ3) is 3.10. The number of imidazole rings is 1. The second kappa shape index (κ2) is 6.60. The van der Waals surface area contributed by atoms with E-state index in [9.17, 15) is 5.11 Å². The van der Waals surface area contributed by atoms with Gasteiger partial charge >= 0.3 is 0 Å². The van der Waals surface area contributed by atoms with Crippen molar-refractivity contribution in [1.82, 2.24) is 9.55 Å². The molecule has 0 aliphatic rings. The second-order valence-electron chi connectivity index (χ2n) is 5.07. The number of para-hydroxylation sites is 3. The quantitative estimate of drug-likeness (QED) is 0.730. The minimum atomic E-state index is -0.826. The fourth-order valence-electron chi connectivity index (χ4n) is 2.37. The van der Waals surface area contributed by atoms with E-state index in [4.69, 9.17) is 9.84 Å². The highest BCUT2D eigenvalue weighted by Gasteiger charge is 2.14. The van der Waals surface area contributed by atoms with E-state index in [2.05, 4.69) is 4.98 Å². The number of hydrogen-bond donors (Lipinski definition) is 2. The van der Waals surface area contributed by atoms with Crippen LogP contribution in [-0.2, 0) is 13.2 Å². The smallest absolute Gasteiger partial charge is 0.148 e. The summed E-state index contributed by atoms with van der Waals surface area (Å²) in [4.78, 5) is 4.56. The van der Waals surface area contributed by atoms with Crippen molar-refractivity contribution in [3.63, 3.8) is 0 Å². The first kappa shape index (κ1) is 14.6. The molecule has 0 unspecified atom stereocenters. The molecule has 2 aromatic carbocycles. The lowest BCUT2D eigenvalue weighted by atomic mass is 10.3. The highest BCUT2D eigenvalue weighted by Crippen LogP contribution is 2.18. The zero-order chi connectivity index (χ0) is 15.4. The monoisotopic (exact) mass is 298 g/mol. The van der Waals surface area contributed by atoms with Gasteiger partial charge in [0.1, 0.15) is 18.2 Å². The van der Waals surface area contributed by atoms with Crippen LogP contribution in [0.15, 0.2) is 54.6 Å². The van der Waals surface area contributed by atoms with Gasteiger partial charge in [0, 0.05) is 0 Å².